The summed E-state index contributed by atoms with van der Waals surface area (Å²) in [5, 5.41) is 10.2. The molecule has 4 rings (SSSR count). The van der Waals surface area contributed by atoms with Crippen LogP contribution < -0.4 is 14.7 Å². The number of hydrogen-bond acceptors (Lipinski definition) is 4. The van der Waals surface area contributed by atoms with Crippen molar-refractivity contribution in [1.82, 2.24) is 0 Å². The third kappa shape index (κ3) is 4.36. The van der Waals surface area contributed by atoms with E-state index in [4.69, 9.17) is 0 Å². The number of anilines is 3. The van der Waals surface area contributed by atoms with E-state index in [1.165, 1.54) is 33.6 Å². The first-order valence-electron chi connectivity index (χ1n) is 12.7. The molecule has 5 heteroatoms. The summed E-state index contributed by atoms with van der Waals surface area (Å²) in [5.74, 6) is -1.00. The number of aromatic carboxylic acids is 1. The summed E-state index contributed by atoms with van der Waals surface area (Å²) in [5.41, 5.74) is 9.26. The summed E-state index contributed by atoms with van der Waals surface area (Å²) in [7, 11) is 3.87. The Kier molecular flexibility index (Phi) is 7.06. The molecule has 0 spiro atoms. The van der Waals surface area contributed by atoms with Gasteiger partial charge in [-0.2, -0.15) is 0 Å². The highest BCUT2D eigenvalue weighted by Crippen LogP contribution is 2.51. The molecule has 0 heterocycles. The quantitative estimate of drug-likeness (QED) is 0.310. The third-order valence-corrected chi connectivity index (χ3v) is 7.34. The van der Waals surface area contributed by atoms with E-state index in [1.807, 2.05) is 31.1 Å². The van der Waals surface area contributed by atoms with E-state index in [-0.39, 0.29) is 5.92 Å². The normalized spacial score (nSPS) is 12.3. The maximum absolute atomic E-state index is 12.4. The maximum Gasteiger partial charge on any atom is 0.336 e. The fourth-order valence-electron chi connectivity index (χ4n) is 5.39. The number of carbonyl (C=O) groups is 1. The van der Waals surface area contributed by atoms with E-state index in [2.05, 4.69) is 73.9 Å². The molecule has 0 saturated heterocycles. The lowest BCUT2D eigenvalue weighted by molar-refractivity contribution is 0.0695. The second-order valence-electron chi connectivity index (χ2n) is 9.29. The van der Waals surface area contributed by atoms with Gasteiger partial charge in [0.2, 0.25) is 0 Å². The molecule has 1 aliphatic carbocycles. The molecule has 0 atom stereocenters. The van der Waals surface area contributed by atoms with Gasteiger partial charge in [-0.15, -0.1) is 0 Å². The van der Waals surface area contributed by atoms with Crippen LogP contribution in [0.1, 0.15) is 60.7 Å². The van der Waals surface area contributed by atoms with Crippen LogP contribution in [0.5, 0.6) is 0 Å². The number of fused-ring (bicyclic) bond motifs is 3. The Hall–Kier alpha value is -3.47. The van der Waals surface area contributed by atoms with Gasteiger partial charge in [0.05, 0.1) is 5.56 Å². The van der Waals surface area contributed by atoms with Crippen LogP contribution in [0.15, 0.2) is 54.6 Å². The molecule has 3 aromatic carbocycles. The summed E-state index contributed by atoms with van der Waals surface area (Å²) < 4.78 is 0. The smallest absolute Gasteiger partial charge is 0.336 e. The molecular formula is C30H37N3O2. The molecule has 35 heavy (non-hydrogen) atoms. The van der Waals surface area contributed by atoms with Crippen LogP contribution >= 0.6 is 0 Å². The molecule has 5 nitrogen and oxygen atoms in total. The lowest BCUT2D eigenvalue weighted by atomic mass is 9.86. The summed E-state index contributed by atoms with van der Waals surface area (Å²) in [6.45, 7) is 12.5. The highest BCUT2D eigenvalue weighted by molar-refractivity contribution is 5.93. The average Bonchev–Trinajstić information content (AvgIpc) is 3.18. The Morgan fingerprint density at radius 3 is 1.51 bits per heavy atom. The Balaban J connectivity index is 1.96. The van der Waals surface area contributed by atoms with Crippen LogP contribution in [0.2, 0.25) is 0 Å². The lowest BCUT2D eigenvalue weighted by Gasteiger charge is -2.23. The molecule has 0 fully saturated rings. The van der Waals surface area contributed by atoms with Crippen molar-refractivity contribution >= 4 is 23.0 Å². The van der Waals surface area contributed by atoms with Crippen LogP contribution in [-0.2, 0) is 0 Å². The molecule has 0 amide bonds. The predicted molar refractivity (Wildman–Crippen MR) is 148 cm³/mol. The number of carboxylic acid groups (broad SMARTS) is 1. The van der Waals surface area contributed by atoms with Crippen molar-refractivity contribution < 1.29 is 9.90 Å². The minimum absolute atomic E-state index is 0.112. The number of hydrogen-bond donors (Lipinski definition) is 1. The van der Waals surface area contributed by atoms with E-state index in [9.17, 15) is 9.90 Å². The minimum Gasteiger partial charge on any atom is -0.478 e. The van der Waals surface area contributed by atoms with Crippen molar-refractivity contribution in [1.29, 1.82) is 0 Å². The standard InChI is InChI=1S/C30H37N3O2/c1-7-32(8-2)21-12-15-23-26(18-21)27-19-22(33(9-3)10-4)13-16-24(27)29(23)25-14-11-20(31(5)6)17-28(25)30(34)35/h11-19,29H,7-10H2,1-6H3,(H,34,35). The van der Waals surface area contributed by atoms with Crippen LogP contribution in [-0.4, -0.2) is 51.4 Å². The van der Waals surface area contributed by atoms with Gasteiger partial charge in [0.1, 0.15) is 0 Å². The summed E-state index contributed by atoms with van der Waals surface area (Å²) >= 11 is 0. The zero-order valence-electron chi connectivity index (χ0n) is 21.8. The predicted octanol–water partition coefficient (Wildman–Crippen LogP) is 6.30. The van der Waals surface area contributed by atoms with Crippen molar-refractivity contribution in [3.63, 3.8) is 0 Å². The monoisotopic (exact) mass is 471 g/mol. The lowest BCUT2D eigenvalue weighted by Crippen LogP contribution is -2.22. The Morgan fingerprint density at radius 1 is 0.686 bits per heavy atom. The summed E-state index contributed by atoms with van der Waals surface area (Å²) in [6, 6.07) is 19.2. The molecule has 0 aromatic heterocycles. The molecule has 0 bridgehead atoms. The van der Waals surface area contributed by atoms with Gasteiger partial charge in [-0.05, 0) is 91.9 Å². The molecule has 1 aliphatic rings. The summed E-state index contributed by atoms with van der Waals surface area (Å²) in [6.07, 6.45) is 0. The minimum atomic E-state index is -0.891. The largest absolute Gasteiger partial charge is 0.478 e. The first kappa shape index (κ1) is 24.6. The number of carboxylic acids is 1. The fraction of sp³-hybridized carbons (Fsp3) is 0.367. The molecule has 0 aliphatic heterocycles. The van der Waals surface area contributed by atoms with E-state index in [0.717, 1.165) is 37.4 Å². The van der Waals surface area contributed by atoms with Crippen LogP contribution in [0.25, 0.3) is 11.1 Å². The average molecular weight is 472 g/mol. The van der Waals surface area contributed by atoms with Crippen molar-refractivity contribution in [2.45, 2.75) is 33.6 Å². The maximum atomic E-state index is 12.4. The van der Waals surface area contributed by atoms with Gasteiger partial charge in [-0.3, -0.25) is 0 Å². The highest BCUT2D eigenvalue weighted by atomic mass is 16.4. The Labute approximate surface area is 209 Å². The molecular weight excluding hydrogens is 434 g/mol. The summed E-state index contributed by atoms with van der Waals surface area (Å²) in [4.78, 5) is 19.0. The highest BCUT2D eigenvalue weighted by Gasteiger charge is 2.33. The van der Waals surface area contributed by atoms with Crippen LogP contribution in [0.4, 0.5) is 17.1 Å². The van der Waals surface area contributed by atoms with Crippen LogP contribution in [0.3, 0.4) is 0 Å². The third-order valence-electron chi connectivity index (χ3n) is 7.34. The van der Waals surface area contributed by atoms with Gasteiger partial charge < -0.3 is 19.8 Å². The number of rotatable bonds is 9. The molecule has 3 aromatic rings. The number of benzene rings is 3. The first-order chi connectivity index (χ1) is 16.8. The van der Waals surface area contributed by atoms with Gasteiger partial charge >= 0.3 is 5.97 Å². The molecule has 0 radical (unpaired) electrons. The molecule has 184 valence electrons. The van der Waals surface area contributed by atoms with Crippen molar-refractivity contribution in [2.75, 3.05) is 55.0 Å². The first-order valence-corrected chi connectivity index (χ1v) is 12.7. The van der Waals surface area contributed by atoms with E-state index >= 15 is 0 Å². The fourth-order valence-corrected chi connectivity index (χ4v) is 5.39. The zero-order valence-corrected chi connectivity index (χ0v) is 21.8. The van der Waals surface area contributed by atoms with E-state index < -0.39 is 5.97 Å². The topological polar surface area (TPSA) is 47.0 Å². The van der Waals surface area contributed by atoms with Gasteiger partial charge in [0, 0.05) is 63.3 Å². The Morgan fingerprint density at radius 2 is 1.11 bits per heavy atom. The second-order valence-corrected chi connectivity index (χ2v) is 9.29. The van der Waals surface area contributed by atoms with E-state index in [1.54, 1.807) is 6.07 Å². The van der Waals surface area contributed by atoms with Gasteiger partial charge in [0.25, 0.3) is 0 Å². The van der Waals surface area contributed by atoms with Gasteiger partial charge in [0.15, 0.2) is 0 Å². The molecule has 0 saturated carbocycles. The number of nitrogens with zero attached hydrogens (tertiary/aromatic N) is 3. The van der Waals surface area contributed by atoms with E-state index in [0.29, 0.717) is 5.56 Å². The van der Waals surface area contributed by atoms with Crippen molar-refractivity contribution in [3.8, 4) is 11.1 Å². The second kappa shape index (κ2) is 10.0. The molecule has 1 N–H and O–H groups in total. The SMILES string of the molecule is CCN(CC)c1ccc2c(c1)-c1cc(N(CC)CC)ccc1C2c1ccc(N(C)C)cc1C(=O)O. The van der Waals surface area contributed by atoms with Crippen LogP contribution in [0, 0.1) is 0 Å². The zero-order chi connectivity index (χ0) is 25.3. The van der Waals surface area contributed by atoms with Crippen molar-refractivity contribution in [3.05, 3.63) is 76.9 Å². The Bertz CT molecular complexity index is 1160. The molecule has 0 unspecified atom stereocenters. The van der Waals surface area contributed by atoms with Gasteiger partial charge in [-0.25, -0.2) is 4.79 Å². The van der Waals surface area contributed by atoms with Gasteiger partial charge in [-0.1, -0.05) is 18.2 Å². The van der Waals surface area contributed by atoms with Crippen molar-refractivity contribution in [2.24, 2.45) is 0 Å².